The Hall–Kier alpha value is -1.70. The van der Waals surface area contributed by atoms with Crippen molar-refractivity contribution in [2.75, 3.05) is 13.1 Å². The van der Waals surface area contributed by atoms with E-state index in [4.69, 9.17) is 17.3 Å². The van der Waals surface area contributed by atoms with Gasteiger partial charge in [0, 0.05) is 11.8 Å². The standard InChI is InChI=1S/C17H21ClF2N4O.ClH/c1-16(2,3)24-8-12(15(25)22-10-17(19,20)9-21)14(23-24)11-6-4-5-7-13(11)18;/h4-8H,9-10,21H2,1-3H3,(H,22,25);1H. The quantitative estimate of drug-likeness (QED) is 0.794. The van der Waals surface area contributed by atoms with Gasteiger partial charge in [-0.2, -0.15) is 5.10 Å². The number of nitrogens with one attached hydrogen (secondary N) is 1. The molecule has 0 unspecified atom stereocenters. The zero-order valence-electron chi connectivity index (χ0n) is 14.7. The molecule has 1 heterocycles. The molecule has 2 aromatic rings. The van der Waals surface area contributed by atoms with Crippen LogP contribution in [-0.2, 0) is 5.54 Å². The molecule has 0 spiro atoms. The highest BCUT2D eigenvalue weighted by molar-refractivity contribution is 6.33. The second-order valence-corrected chi connectivity index (χ2v) is 7.14. The third kappa shape index (κ3) is 5.16. The smallest absolute Gasteiger partial charge is 0.277 e. The molecule has 2 rings (SSSR count). The van der Waals surface area contributed by atoms with Crippen LogP contribution in [-0.4, -0.2) is 34.7 Å². The first-order valence-corrected chi connectivity index (χ1v) is 8.14. The number of aromatic nitrogens is 2. The summed E-state index contributed by atoms with van der Waals surface area (Å²) in [6.07, 6.45) is 1.54. The second kappa shape index (κ2) is 8.33. The van der Waals surface area contributed by atoms with Crippen molar-refractivity contribution in [2.24, 2.45) is 5.73 Å². The van der Waals surface area contributed by atoms with Crippen molar-refractivity contribution in [3.8, 4) is 11.3 Å². The lowest BCUT2D eigenvalue weighted by atomic mass is 10.1. The van der Waals surface area contributed by atoms with Crippen molar-refractivity contribution in [2.45, 2.75) is 32.2 Å². The van der Waals surface area contributed by atoms with Gasteiger partial charge in [-0.25, -0.2) is 8.78 Å². The Bertz CT molecular complexity index is 772. The van der Waals surface area contributed by atoms with Gasteiger partial charge in [0.15, 0.2) is 0 Å². The summed E-state index contributed by atoms with van der Waals surface area (Å²) in [5.41, 5.74) is 5.68. The van der Waals surface area contributed by atoms with Crippen LogP contribution in [0, 0.1) is 0 Å². The third-order valence-electron chi connectivity index (χ3n) is 3.58. The van der Waals surface area contributed by atoms with Crippen LogP contribution in [0.4, 0.5) is 8.78 Å². The topological polar surface area (TPSA) is 72.9 Å². The lowest BCUT2D eigenvalue weighted by Gasteiger charge is -2.18. The Morgan fingerprint density at radius 1 is 1.31 bits per heavy atom. The summed E-state index contributed by atoms with van der Waals surface area (Å²) in [5.74, 6) is -3.82. The summed E-state index contributed by atoms with van der Waals surface area (Å²) in [6.45, 7) is 4.07. The summed E-state index contributed by atoms with van der Waals surface area (Å²) in [6, 6.07) is 6.93. The Kier molecular flexibility index (Phi) is 7.16. The van der Waals surface area contributed by atoms with Crippen LogP contribution >= 0.6 is 24.0 Å². The first-order chi connectivity index (χ1) is 11.5. The molecule has 0 saturated heterocycles. The monoisotopic (exact) mass is 406 g/mol. The van der Waals surface area contributed by atoms with Crippen LogP contribution in [0.5, 0.6) is 0 Å². The van der Waals surface area contributed by atoms with E-state index in [2.05, 4.69) is 10.4 Å². The molecule has 0 aliphatic carbocycles. The summed E-state index contributed by atoms with van der Waals surface area (Å²) < 4.78 is 28.3. The molecule has 0 bridgehead atoms. The molecule has 0 fully saturated rings. The largest absolute Gasteiger partial charge is 0.346 e. The minimum absolute atomic E-state index is 0. The minimum Gasteiger partial charge on any atom is -0.346 e. The van der Waals surface area contributed by atoms with Crippen molar-refractivity contribution in [1.29, 1.82) is 0 Å². The highest BCUT2D eigenvalue weighted by Crippen LogP contribution is 2.30. The lowest BCUT2D eigenvalue weighted by Crippen LogP contribution is -2.41. The number of hydrogen-bond acceptors (Lipinski definition) is 3. The fourth-order valence-corrected chi connectivity index (χ4v) is 2.34. The van der Waals surface area contributed by atoms with Crippen molar-refractivity contribution in [3.05, 3.63) is 41.0 Å². The first kappa shape index (κ1) is 22.3. The molecule has 1 aromatic heterocycles. The van der Waals surface area contributed by atoms with Gasteiger partial charge >= 0.3 is 0 Å². The van der Waals surface area contributed by atoms with Crippen LogP contribution in [0.3, 0.4) is 0 Å². The van der Waals surface area contributed by atoms with Gasteiger partial charge in [-0.3, -0.25) is 9.48 Å². The number of nitrogens with zero attached hydrogens (tertiary/aromatic N) is 2. The summed E-state index contributed by atoms with van der Waals surface area (Å²) in [5, 5.41) is 7.10. The number of hydrogen-bond donors (Lipinski definition) is 2. The van der Waals surface area contributed by atoms with E-state index in [0.29, 0.717) is 16.3 Å². The predicted molar refractivity (Wildman–Crippen MR) is 101 cm³/mol. The molecule has 1 amide bonds. The zero-order valence-corrected chi connectivity index (χ0v) is 16.3. The van der Waals surface area contributed by atoms with Gasteiger partial charge in [0.05, 0.1) is 29.2 Å². The molecule has 0 aliphatic heterocycles. The van der Waals surface area contributed by atoms with Gasteiger partial charge in [-0.1, -0.05) is 29.8 Å². The Labute approximate surface area is 162 Å². The van der Waals surface area contributed by atoms with Gasteiger partial charge in [-0.05, 0) is 26.8 Å². The molecule has 3 N–H and O–H groups in total. The Balaban J connectivity index is 0.00000338. The van der Waals surface area contributed by atoms with Crippen molar-refractivity contribution < 1.29 is 13.6 Å². The van der Waals surface area contributed by atoms with Crippen LogP contribution in [0.25, 0.3) is 11.3 Å². The van der Waals surface area contributed by atoms with Crippen LogP contribution in [0.1, 0.15) is 31.1 Å². The number of rotatable bonds is 5. The number of carbonyl (C=O) groups is 1. The normalized spacial score (nSPS) is 11.8. The molecule has 26 heavy (non-hydrogen) atoms. The first-order valence-electron chi connectivity index (χ1n) is 7.76. The molecule has 0 saturated carbocycles. The third-order valence-corrected chi connectivity index (χ3v) is 3.91. The maximum Gasteiger partial charge on any atom is 0.277 e. The van der Waals surface area contributed by atoms with E-state index in [1.165, 1.54) is 6.20 Å². The van der Waals surface area contributed by atoms with Gasteiger partial charge in [0.2, 0.25) is 0 Å². The second-order valence-electron chi connectivity index (χ2n) is 6.73. The molecule has 5 nitrogen and oxygen atoms in total. The number of benzene rings is 1. The highest BCUT2D eigenvalue weighted by Gasteiger charge is 2.29. The number of halogens is 4. The number of carbonyl (C=O) groups excluding carboxylic acids is 1. The molecular weight excluding hydrogens is 385 g/mol. The van der Waals surface area contributed by atoms with E-state index in [-0.39, 0.29) is 18.0 Å². The number of alkyl halides is 2. The molecular formula is C17H22Cl2F2N4O. The molecule has 9 heteroatoms. The summed E-state index contributed by atoms with van der Waals surface area (Å²) in [7, 11) is 0. The van der Waals surface area contributed by atoms with Gasteiger partial charge in [0.1, 0.15) is 5.69 Å². The van der Waals surface area contributed by atoms with E-state index in [9.17, 15) is 13.6 Å². The van der Waals surface area contributed by atoms with Crippen LogP contribution in [0.15, 0.2) is 30.5 Å². The van der Waals surface area contributed by atoms with Crippen molar-refractivity contribution in [3.63, 3.8) is 0 Å². The number of amides is 1. The summed E-state index contributed by atoms with van der Waals surface area (Å²) in [4.78, 5) is 12.5. The fourth-order valence-electron chi connectivity index (χ4n) is 2.11. The van der Waals surface area contributed by atoms with E-state index in [1.54, 1.807) is 28.9 Å². The maximum absolute atomic E-state index is 13.3. The average Bonchev–Trinajstić information content (AvgIpc) is 2.98. The Morgan fingerprint density at radius 2 is 1.92 bits per heavy atom. The lowest BCUT2D eigenvalue weighted by molar-refractivity contribution is 0.0118. The average molecular weight is 407 g/mol. The highest BCUT2D eigenvalue weighted by atomic mass is 35.5. The summed E-state index contributed by atoms with van der Waals surface area (Å²) >= 11 is 6.21. The molecule has 0 atom stereocenters. The minimum atomic E-state index is -3.17. The molecule has 1 aromatic carbocycles. The molecule has 0 aliphatic rings. The van der Waals surface area contributed by atoms with Crippen molar-refractivity contribution in [1.82, 2.24) is 15.1 Å². The Morgan fingerprint density at radius 3 is 2.46 bits per heavy atom. The zero-order chi connectivity index (χ0) is 18.8. The molecule has 144 valence electrons. The van der Waals surface area contributed by atoms with Gasteiger partial charge in [-0.15, -0.1) is 12.4 Å². The van der Waals surface area contributed by atoms with E-state index >= 15 is 0 Å². The fraction of sp³-hybridized carbons (Fsp3) is 0.412. The molecule has 0 radical (unpaired) electrons. The van der Waals surface area contributed by atoms with Crippen LogP contribution < -0.4 is 11.1 Å². The van der Waals surface area contributed by atoms with Crippen molar-refractivity contribution >= 4 is 29.9 Å². The van der Waals surface area contributed by atoms with Gasteiger partial charge in [0.25, 0.3) is 11.8 Å². The number of nitrogens with two attached hydrogens (primary N) is 1. The van der Waals surface area contributed by atoms with E-state index < -0.39 is 30.5 Å². The predicted octanol–water partition coefficient (Wildman–Crippen LogP) is 3.70. The maximum atomic E-state index is 13.3. The van der Waals surface area contributed by atoms with E-state index in [1.807, 2.05) is 20.8 Å². The van der Waals surface area contributed by atoms with E-state index in [0.717, 1.165) is 0 Å². The van der Waals surface area contributed by atoms with Gasteiger partial charge < -0.3 is 11.1 Å². The van der Waals surface area contributed by atoms with Crippen LogP contribution in [0.2, 0.25) is 5.02 Å². The SMILES string of the molecule is CC(C)(C)n1cc(C(=O)NCC(F)(F)CN)c(-c2ccccc2Cl)n1.Cl.